The van der Waals surface area contributed by atoms with Crippen LogP contribution in [0.5, 0.6) is 0 Å². The molecule has 0 aromatic carbocycles. The quantitative estimate of drug-likeness (QED) is 0.746. The van der Waals surface area contributed by atoms with E-state index in [1.165, 1.54) is 18.0 Å². The molecule has 0 spiro atoms. The van der Waals surface area contributed by atoms with Crippen LogP contribution >= 0.6 is 0 Å². The van der Waals surface area contributed by atoms with Crippen LogP contribution in [-0.4, -0.2) is 27.8 Å². The molecule has 0 saturated carbocycles. The fraction of sp³-hybridized carbons (Fsp3) is 0.273. The van der Waals surface area contributed by atoms with Crippen molar-refractivity contribution in [2.24, 2.45) is 0 Å². The van der Waals surface area contributed by atoms with Crippen LogP contribution in [0.15, 0.2) is 16.8 Å². The third-order valence-electron chi connectivity index (χ3n) is 2.42. The Morgan fingerprint density at radius 1 is 1.67 bits per heavy atom. The molecule has 0 aliphatic rings. The van der Waals surface area contributed by atoms with Crippen LogP contribution in [-0.2, 0) is 11.3 Å². The molecule has 0 saturated heterocycles. The summed E-state index contributed by atoms with van der Waals surface area (Å²) < 4.78 is 11.6. The summed E-state index contributed by atoms with van der Waals surface area (Å²) in [5.41, 5.74) is 0.374. The number of furan rings is 1. The van der Waals surface area contributed by atoms with Gasteiger partial charge in [0.05, 0.1) is 13.7 Å². The van der Waals surface area contributed by atoms with Gasteiger partial charge in [-0.05, 0) is 13.0 Å². The molecule has 0 bridgehead atoms. The van der Waals surface area contributed by atoms with Crippen molar-refractivity contribution in [3.8, 4) is 6.07 Å². The van der Waals surface area contributed by atoms with Gasteiger partial charge in [0, 0.05) is 0 Å². The van der Waals surface area contributed by atoms with Crippen molar-refractivity contribution in [3.05, 3.63) is 35.3 Å². The first-order chi connectivity index (χ1) is 8.65. The molecule has 0 radical (unpaired) electrons. The zero-order valence-electron chi connectivity index (χ0n) is 9.88. The van der Waals surface area contributed by atoms with Crippen molar-refractivity contribution in [1.29, 1.82) is 5.26 Å². The lowest BCUT2D eigenvalue weighted by Crippen LogP contribution is -2.02. The maximum absolute atomic E-state index is 11.4. The maximum atomic E-state index is 11.4. The van der Waals surface area contributed by atoms with Gasteiger partial charge in [0.25, 0.3) is 0 Å². The molecule has 2 heterocycles. The second-order valence-electron chi connectivity index (χ2n) is 3.57. The highest BCUT2D eigenvalue weighted by atomic mass is 16.5. The van der Waals surface area contributed by atoms with E-state index in [2.05, 4.69) is 14.9 Å². The number of rotatable bonds is 3. The first-order valence-electron chi connectivity index (χ1n) is 5.11. The van der Waals surface area contributed by atoms with E-state index >= 15 is 0 Å². The van der Waals surface area contributed by atoms with Gasteiger partial charge in [-0.25, -0.2) is 4.79 Å². The van der Waals surface area contributed by atoms with E-state index in [4.69, 9.17) is 9.68 Å². The van der Waals surface area contributed by atoms with Crippen molar-refractivity contribution in [2.45, 2.75) is 13.5 Å². The number of nitriles is 1. The molecule has 2 rings (SSSR count). The molecule has 92 valence electrons. The Bertz CT molecular complexity index is 621. The van der Waals surface area contributed by atoms with Crippen molar-refractivity contribution < 1.29 is 13.9 Å². The highest BCUT2D eigenvalue weighted by Crippen LogP contribution is 2.16. The van der Waals surface area contributed by atoms with E-state index in [9.17, 15) is 4.79 Å². The molecule has 0 fully saturated rings. The number of hydrogen-bond donors (Lipinski definition) is 0. The maximum Gasteiger partial charge on any atom is 0.341 e. The number of aromatic nitrogens is 3. The fourth-order valence-electron chi connectivity index (χ4n) is 1.56. The molecule has 18 heavy (non-hydrogen) atoms. The van der Waals surface area contributed by atoms with Crippen molar-refractivity contribution >= 4 is 5.97 Å². The van der Waals surface area contributed by atoms with Gasteiger partial charge in [-0.15, -0.1) is 10.2 Å². The standard InChI is InChI=1S/C11H10N4O3/c1-7-9(11(16)17-2)3-8(18-7)5-15-6-13-14-10(15)4-12/h3,6H,5H2,1-2H3. The van der Waals surface area contributed by atoms with E-state index in [0.717, 1.165) is 0 Å². The lowest BCUT2D eigenvalue weighted by atomic mass is 10.2. The highest BCUT2D eigenvalue weighted by molar-refractivity contribution is 5.90. The molecular formula is C11H10N4O3. The molecule has 0 atom stereocenters. The normalized spacial score (nSPS) is 10.1. The average Bonchev–Trinajstić information content (AvgIpc) is 2.95. The van der Waals surface area contributed by atoms with Gasteiger partial charge >= 0.3 is 5.97 Å². The Labute approximate surface area is 103 Å². The summed E-state index contributed by atoms with van der Waals surface area (Å²) >= 11 is 0. The molecule has 2 aromatic rings. The molecule has 7 nitrogen and oxygen atoms in total. The van der Waals surface area contributed by atoms with Gasteiger partial charge in [0.1, 0.15) is 29.5 Å². The lowest BCUT2D eigenvalue weighted by molar-refractivity contribution is 0.0599. The molecule has 2 aromatic heterocycles. The number of ether oxygens (including phenoxy) is 1. The van der Waals surface area contributed by atoms with Crippen LogP contribution in [0.2, 0.25) is 0 Å². The Morgan fingerprint density at radius 3 is 3.11 bits per heavy atom. The molecule has 0 N–H and O–H groups in total. The predicted molar refractivity (Wildman–Crippen MR) is 58.6 cm³/mol. The molecule has 0 amide bonds. The zero-order chi connectivity index (χ0) is 13.1. The number of aryl methyl sites for hydroxylation is 1. The smallest absolute Gasteiger partial charge is 0.341 e. The van der Waals surface area contributed by atoms with Crippen molar-refractivity contribution in [2.75, 3.05) is 7.11 Å². The van der Waals surface area contributed by atoms with Crippen LogP contribution in [0, 0.1) is 18.3 Å². The van der Waals surface area contributed by atoms with Gasteiger partial charge in [-0.1, -0.05) is 0 Å². The molecule has 7 heteroatoms. The third-order valence-corrected chi connectivity index (χ3v) is 2.42. The summed E-state index contributed by atoms with van der Waals surface area (Å²) in [6.45, 7) is 1.96. The summed E-state index contributed by atoms with van der Waals surface area (Å²) in [7, 11) is 1.31. The Hall–Kier alpha value is -2.62. The molecule has 0 aliphatic heterocycles. The van der Waals surface area contributed by atoms with Gasteiger partial charge in [0.15, 0.2) is 0 Å². The zero-order valence-corrected chi connectivity index (χ0v) is 9.88. The highest BCUT2D eigenvalue weighted by Gasteiger charge is 2.16. The number of carbonyl (C=O) groups is 1. The summed E-state index contributed by atoms with van der Waals surface area (Å²) in [4.78, 5) is 11.4. The first kappa shape index (κ1) is 11.9. The largest absolute Gasteiger partial charge is 0.465 e. The number of hydrogen-bond acceptors (Lipinski definition) is 6. The van der Waals surface area contributed by atoms with Crippen LogP contribution in [0.1, 0.15) is 27.7 Å². The minimum absolute atomic E-state index is 0.184. The topological polar surface area (TPSA) is 93.9 Å². The van der Waals surface area contributed by atoms with Gasteiger partial charge in [-0.3, -0.25) is 4.57 Å². The Balaban J connectivity index is 2.26. The van der Waals surface area contributed by atoms with Crippen LogP contribution in [0.25, 0.3) is 0 Å². The summed E-state index contributed by atoms with van der Waals surface area (Å²) in [5.74, 6) is 0.739. The van der Waals surface area contributed by atoms with E-state index in [1.807, 2.05) is 6.07 Å². The van der Waals surface area contributed by atoms with E-state index in [1.54, 1.807) is 13.0 Å². The number of nitrogens with zero attached hydrogens (tertiary/aromatic N) is 4. The van der Waals surface area contributed by atoms with Gasteiger partial charge < -0.3 is 9.15 Å². The number of esters is 1. The summed E-state index contributed by atoms with van der Waals surface area (Å²) in [6.07, 6.45) is 1.42. The van der Waals surface area contributed by atoms with Crippen molar-refractivity contribution in [3.63, 3.8) is 0 Å². The summed E-state index contributed by atoms with van der Waals surface area (Å²) in [5, 5.41) is 16.1. The number of carbonyl (C=O) groups excluding carboxylic acids is 1. The van der Waals surface area contributed by atoms with E-state index < -0.39 is 5.97 Å². The first-order valence-corrected chi connectivity index (χ1v) is 5.11. The molecule has 0 aliphatic carbocycles. The SMILES string of the molecule is COC(=O)c1cc(Cn2cnnc2C#N)oc1C. The molecule has 0 unspecified atom stereocenters. The minimum Gasteiger partial charge on any atom is -0.465 e. The van der Waals surface area contributed by atoms with Gasteiger partial charge in [0.2, 0.25) is 5.82 Å². The Kier molecular flexibility index (Phi) is 3.10. The van der Waals surface area contributed by atoms with E-state index in [0.29, 0.717) is 17.1 Å². The average molecular weight is 246 g/mol. The second-order valence-corrected chi connectivity index (χ2v) is 3.57. The number of methoxy groups -OCH3 is 1. The van der Waals surface area contributed by atoms with Crippen LogP contribution in [0.3, 0.4) is 0 Å². The second kappa shape index (κ2) is 4.71. The van der Waals surface area contributed by atoms with Crippen LogP contribution in [0.4, 0.5) is 0 Å². The minimum atomic E-state index is -0.452. The monoisotopic (exact) mass is 246 g/mol. The Morgan fingerprint density at radius 2 is 2.44 bits per heavy atom. The van der Waals surface area contributed by atoms with Gasteiger partial charge in [-0.2, -0.15) is 5.26 Å². The van der Waals surface area contributed by atoms with Crippen molar-refractivity contribution in [1.82, 2.24) is 14.8 Å². The summed E-state index contributed by atoms with van der Waals surface area (Å²) in [6, 6.07) is 3.49. The lowest BCUT2D eigenvalue weighted by Gasteiger charge is -1.97. The van der Waals surface area contributed by atoms with E-state index in [-0.39, 0.29) is 12.4 Å². The third kappa shape index (κ3) is 2.08. The fourth-order valence-corrected chi connectivity index (χ4v) is 1.56. The predicted octanol–water partition coefficient (Wildman–Crippen LogP) is 0.886. The molecular weight excluding hydrogens is 236 g/mol. The van der Waals surface area contributed by atoms with Crippen LogP contribution < -0.4 is 0 Å².